The Morgan fingerprint density at radius 1 is 1.11 bits per heavy atom. The highest BCUT2D eigenvalue weighted by Crippen LogP contribution is 2.29. The van der Waals surface area contributed by atoms with Crippen LogP contribution in [0.15, 0.2) is 53.7 Å². The molecular weight excluding hydrogens is 356 g/mol. The summed E-state index contributed by atoms with van der Waals surface area (Å²) in [5, 5.41) is 13.7. The zero-order chi connectivity index (χ0) is 19.2. The van der Waals surface area contributed by atoms with Crippen LogP contribution in [0.1, 0.15) is 16.7 Å². The third-order valence-corrected chi connectivity index (χ3v) is 4.69. The second-order valence-electron chi connectivity index (χ2n) is 5.93. The number of benzene rings is 2. The van der Waals surface area contributed by atoms with Crippen molar-refractivity contribution in [3.63, 3.8) is 0 Å². The Morgan fingerprint density at radius 3 is 2.52 bits per heavy atom. The second kappa shape index (κ2) is 8.56. The molecular formula is C21H20N4OS. The predicted molar refractivity (Wildman–Crippen MR) is 109 cm³/mol. The van der Waals surface area contributed by atoms with Crippen LogP contribution in [0.5, 0.6) is 5.75 Å². The third kappa shape index (κ3) is 4.21. The second-order valence-corrected chi connectivity index (χ2v) is 6.70. The van der Waals surface area contributed by atoms with Crippen molar-refractivity contribution in [2.45, 2.75) is 18.6 Å². The summed E-state index contributed by atoms with van der Waals surface area (Å²) in [7, 11) is 1.64. The lowest BCUT2D eigenvalue weighted by Crippen LogP contribution is -2.08. The molecule has 0 aliphatic carbocycles. The minimum atomic E-state index is 0.437. The highest BCUT2D eigenvalue weighted by Gasteiger charge is 2.16. The largest absolute Gasteiger partial charge is 0.496 e. The average molecular weight is 376 g/mol. The number of hydrogen-bond donors (Lipinski definition) is 1. The van der Waals surface area contributed by atoms with Gasteiger partial charge in [-0.25, -0.2) is 9.97 Å². The summed E-state index contributed by atoms with van der Waals surface area (Å²) in [6.45, 7) is 2.53. The fourth-order valence-corrected chi connectivity index (χ4v) is 3.08. The first kappa shape index (κ1) is 18.7. The Bertz CT molecular complexity index is 980. The van der Waals surface area contributed by atoms with Gasteiger partial charge >= 0.3 is 0 Å². The smallest absolute Gasteiger partial charge is 0.189 e. The van der Waals surface area contributed by atoms with E-state index in [0.717, 1.165) is 22.4 Å². The van der Waals surface area contributed by atoms with Crippen molar-refractivity contribution < 1.29 is 4.74 Å². The Labute approximate surface area is 163 Å². The van der Waals surface area contributed by atoms with E-state index in [2.05, 4.69) is 21.4 Å². The van der Waals surface area contributed by atoms with Crippen LogP contribution in [0.4, 0.5) is 5.82 Å². The maximum absolute atomic E-state index is 9.78. The van der Waals surface area contributed by atoms with Crippen LogP contribution in [0.3, 0.4) is 0 Å². The molecule has 2 aromatic carbocycles. The molecule has 3 rings (SSSR count). The van der Waals surface area contributed by atoms with E-state index in [0.29, 0.717) is 28.8 Å². The number of anilines is 1. The van der Waals surface area contributed by atoms with Crippen LogP contribution < -0.4 is 10.1 Å². The van der Waals surface area contributed by atoms with Gasteiger partial charge in [-0.2, -0.15) is 5.26 Å². The van der Waals surface area contributed by atoms with Gasteiger partial charge < -0.3 is 10.1 Å². The highest BCUT2D eigenvalue weighted by molar-refractivity contribution is 7.98. The van der Waals surface area contributed by atoms with E-state index >= 15 is 0 Å². The van der Waals surface area contributed by atoms with Crippen LogP contribution in [0, 0.1) is 18.3 Å². The quantitative estimate of drug-likeness (QED) is 0.498. The Balaban J connectivity index is 2.00. The lowest BCUT2D eigenvalue weighted by molar-refractivity contribution is 0.410. The fraction of sp³-hybridized carbons (Fsp3) is 0.190. The van der Waals surface area contributed by atoms with Gasteiger partial charge in [-0.1, -0.05) is 59.8 Å². The van der Waals surface area contributed by atoms with Crippen molar-refractivity contribution >= 4 is 17.6 Å². The maximum Gasteiger partial charge on any atom is 0.189 e. The molecule has 0 spiro atoms. The van der Waals surface area contributed by atoms with Gasteiger partial charge in [0.2, 0.25) is 0 Å². The Hall–Kier alpha value is -3.04. The van der Waals surface area contributed by atoms with E-state index in [4.69, 9.17) is 4.74 Å². The molecule has 0 saturated heterocycles. The zero-order valence-corrected chi connectivity index (χ0v) is 16.3. The topological polar surface area (TPSA) is 70.8 Å². The molecule has 3 aromatic rings. The first-order valence-electron chi connectivity index (χ1n) is 8.45. The van der Waals surface area contributed by atoms with Crippen LogP contribution in [0.2, 0.25) is 0 Å². The van der Waals surface area contributed by atoms with E-state index in [1.54, 1.807) is 7.11 Å². The molecule has 1 N–H and O–H groups in total. The molecule has 0 aliphatic heterocycles. The number of methoxy groups -OCH3 is 1. The van der Waals surface area contributed by atoms with E-state index in [1.807, 2.05) is 61.7 Å². The van der Waals surface area contributed by atoms with E-state index in [-0.39, 0.29) is 0 Å². The summed E-state index contributed by atoms with van der Waals surface area (Å²) >= 11 is 1.45. The van der Waals surface area contributed by atoms with Gasteiger partial charge in [-0.15, -0.1) is 0 Å². The highest BCUT2D eigenvalue weighted by atomic mass is 32.2. The van der Waals surface area contributed by atoms with Crippen molar-refractivity contribution in [2.24, 2.45) is 0 Å². The molecule has 1 aromatic heterocycles. The standard InChI is InChI=1S/C21H20N4OS/c1-14-8-10-15(11-9-14)19-17(12-22)20(25-21(24-19)27-3)23-13-16-6-4-5-7-18(16)26-2/h4-11H,13H2,1-3H3,(H,23,24,25). The molecule has 27 heavy (non-hydrogen) atoms. The Morgan fingerprint density at radius 2 is 1.85 bits per heavy atom. The number of thioether (sulfide) groups is 1. The summed E-state index contributed by atoms with van der Waals surface area (Å²) in [5.41, 5.74) is 4.12. The number of aryl methyl sites for hydroxylation is 1. The maximum atomic E-state index is 9.78. The number of ether oxygens (including phenoxy) is 1. The fourth-order valence-electron chi connectivity index (χ4n) is 2.71. The minimum absolute atomic E-state index is 0.437. The molecule has 0 atom stereocenters. The molecule has 0 radical (unpaired) electrons. The van der Waals surface area contributed by atoms with Crippen LogP contribution in [-0.4, -0.2) is 23.3 Å². The summed E-state index contributed by atoms with van der Waals surface area (Å²) in [5.74, 6) is 1.32. The molecule has 0 unspecified atom stereocenters. The normalized spacial score (nSPS) is 10.3. The third-order valence-electron chi connectivity index (χ3n) is 4.15. The van der Waals surface area contributed by atoms with E-state index in [1.165, 1.54) is 11.8 Å². The van der Waals surface area contributed by atoms with Crippen molar-refractivity contribution in [3.05, 3.63) is 65.2 Å². The Kier molecular flexibility index (Phi) is 5.94. The molecule has 0 saturated carbocycles. The first-order chi connectivity index (χ1) is 13.2. The molecule has 0 bridgehead atoms. The molecule has 0 amide bonds. The lowest BCUT2D eigenvalue weighted by Gasteiger charge is -2.14. The summed E-state index contributed by atoms with van der Waals surface area (Å²) in [4.78, 5) is 9.09. The molecule has 0 aliphatic rings. The SMILES string of the molecule is COc1ccccc1CNc1nc(SC)nc(-c2ccc(C)cc2)c1C#N. The lowest BCUT2D eigenvalue weighted by atomic mass is 10.1. The van der Waals surface area contributed by atoms with Gasteiger partial charge in [0.05, 0.1) is 12.8 Å². The van der Waals surface area contributed by atoms with Gasteiger partial charge in [0.15, 0.2) is 5.16 Å². The molecule has 1 heterocycles. The number of nitriles is 1. The number of nitrogens with zero attached hydrogens (tertiary/aromatic N) is 3. The van der Waals surface area contributed by atoms with Crippen molar-refractivity contribution in [1.82, 2.24) is 9.97 Å². The van der Waals surface area contributed by atoms with Gasteiger partial charge in [0.25, 0.3) is 0 Å². The zero-order valence-electron chi connectivity index (χ0n) is 15.5. The van der Waals surface area contributed by atoms with E-state index < -0.39 is 0 Å². The monoisotopic (exact) mass is 376 g/mol. The summed E-state index contributed by atoms with van der Waals surface area (Å²) in [6, 6.07) is 18.0. The van der Waals surface area contributed by atoms with Gasteiger partial charge in [-0.3, -0.25) is 0 Å². The number of hydrogen-bond acceptors (Lipinski definition) is 6. The number of para-hydroxylation sites is 1. The molecule has 136 valence electrons. The van der Waals surface area contributed by atoms with Crippen LogP contribution >= 0.6 is 11.8 Å². The van der Waals surface area contributed by atoms with Gasteiger partial charge in [0.1, 0.15) is 23.2 Å². The minimum Gasteiger partial charge on any atom is -0.496 e. The summed E-state index contributed by atoms with van der Waals surface area (Å²) < 4.78 is 5.40. The van der Waals surface area contributed by atoms with Gasteiger partial charge in [0, 0.05) is 17.7 Å². The van der Waals surface area contributed by atoms with Crippen molar-refractivity contribution in [3.8, 4) is 23.1 Å². The van der Waals surface area contributed by atoms with Crippen molar-refractivity contribution in [2.75, 3.05) is 18.7 Å². The number of rotatable bonds is 6. The first-order valence-corrected chi connectivity index (χ1v) is 9.67. The molecule has 6 heteroatoms. The molecule has 5 nitrogen and oxygen atoms in total. The molecule has 0 fully saturated rings. The summed E-state index contributed by atoms with van der Waals surface area (Å²) in [6.07, 6.45) is 1.92. The predicted octanol–water partition coefficient (Wildman–Crippen LogP) is 4.67. The number of nitrogens with one attached hydrogen (secondary N) is 1. The van der Waals surface area contributed by atoms with Crippen LogP contribution in [0.25, 0.3) is 11.3 Å². The van der Waals surface area contributed by atoms with Gasteiger partial charge in [-0.05, 0) is 19.2 Å². The number of aromatic nitrogens is 2. The van der Waals surface area contributed by atoms with E-state index in [9.17, 15) is 5.26 Å². The van der Waals surface area contributed by atoms with Crippen LogP contribution in [-0.2, 0) is 6.54 Å². The van der Waals surface area contributed by atoms with Crippen molar-refractivity contribution in [1.29, 1.82) is 5.26 Å². The average Bonchev–Trinajstić information content (AvgIpc) is 2.72.